The summed E-state index contributed by atoms with van der Waals surface area (Å²) in [6, 6.07) is 5.53. The van der Waals surface area contributed by atoms with Crippen LogP contribution in [0.25, 0.3) is 11.5 Å². The monoisotopic (exact) mass is 239 g/mol. The third-order valence-electron chi connectivity index (χ3n) is 1.46. The van der Waals surface area contributed by atoms with Gasteiger partial charge in [-0.05, 0) is 28.1 Å². The molecule has 2 aromatic heterocycles. The standard InChI is InChI=1S/C7H6BrN5/c8-5-3-1-2-4(10-5)6-11-7(9)13-12-6/h1-3H,(H3,9,11,12,13). The Morgan fingerprint density at radius 1 is 1.31 bits per heavy atom. The minimum absolute atomic E-state index is 0.219. The molecule has 0 amide bonds. The zero-order chi connectivity index (χ0) is 9.26. The van der Waals surface area contributed by atoms with Crippen LogP contribution in [0.15, 0.2) is 22.8 Å². The van der Waals surface area contributed by atoms with Gasteiger partial charge in [-0.3, -0.25) is 5.10 Å². The smallest absolute Gasteiger partial charge is 0.239 e. The fraction of sp³-hybridized carbons (Fsp3) is 0. The summed E-state index contributed by atoms with van der Waals surface area (Å²) in [6.45, 7) is 0. The number of anilines is 1. The Bertz CT molecular complexity index is 424. The maximum atomic E-state index is 5.36. The van der Waals surface area contributed by atoms with Crippen LogP contribution in [0, 0.1) is 0 Å². The number of hydrogen-bond acceptors (Lipinski definition) is 4. The lowest BCUT2D eigenvalue weighted by Gasteiger charge is -1.94. The number of aromatic amines is 1. The summed E-state index contributed by atoms with van der Waals surface area (Å²) in [4.78, 5) is 8.13. The highest BCUT2D eigenvalue weighted by atomic mass is 79.9. The summed E-state index contributed by atoms with van der Waals surface area (Å²) in [5.74, 6) is 0.788. The van der Waals surface area contributed by atoms with Crippen molar-refractivity contribution in [1.82, 2.24) is 20.2 Å². The summed E-state index contributed by atoms with van der Waals surface area (Å²) in [5, 5.41) is 6.39. The van der Waals surface area contributed by atoms with Crippen molar-refractivity contribution in [3.8, 4) is 11.5 Å². The molecule has 2 heterocycles. The number of aromatic nitrogens is 4. The third-order valence-corrected chi connectivity index (χ3v) is 1.90. The van der Waals surface area contributed by atoms with Crippen LogP contribution in [-0.2, 0) is 0 Å². The fourth-order valence-electron chi connectivity index (χ4n) is 0.929. The van der Waals surface area contributed by atoms with Crippen LogP contribution in [0.2, 0.25) is 0 Å². The van der Waals surface area contributed by atoms with Crippen molar-refractivity contribution < 1.29 is 0 Å². The second-order valence-corrected chi connectivity index (χ2v) is 3.20. The molecule has 0 fully saturated rings. The van der Waals surface area contributed by atoms with Gasteiger partial charge in [0.15, 0.2) is 5.82 Å². The Balaban J connectivity index is 2.46. The van der Waals surface area contributed by atoms with E-state index < -0.39 is 0 Å². The number of hydrogen-bond donors (Lipinski definition) is 2. The summed E-state index contributed by atoms with van der Waals surface area (Å²) < 4.78 is 0.750. The highest BCUT2D eigenvalue weighted by molar-refractivity contribution is 9.10. The SMILES string of the molecule is Nc1n[nH]c(-c2cccc(Br)n2)n1. The number of nitrogens with one attached hydrogen (secondary N) is 1. The van der Waals surface area contributed by atoms with E-state index in [4.69, 9.17) is 5.73 Å². The van der Waals surface area contributed by atoms with E-state index in [9.17, 15) is 0 Å². The number of nitrogens with two attached hydrogens (primary N) is 1. The molecule has 0 spiro atoms. The van der Waals surface area contributed by atoms with Gasteiger partial charge in [-0.1, -0.05) is 6.07 Å². The first-order chi connectivity index (χ1) is 6.25. The maximum Gasteiger partial charge on any atom is 0.239 e. The number of nitrogen functional groups attached to an aromatic ring is 1. The zero-order valence-electron chi connectivity index (χ0n) is 6.53. The van der Waals surface area contributed by atoms with Gasteiger partial charge in [0.2, 0.25) is 5.95 Å². The zero-order valence-corrected chi connectivity index (χ0v) is 8.12. The lowest BCUT2D eigenvalue weighted by molar-refractivity contribution is 1.09. The quantitative estimate of drug-likeness (QED) is 0.734. The average Bonchev–Trinajstić information content (AvgIpc) is 2.52. The number of pyridine rings is 1. The van der Waals surface area contributed by atoms with Crippen molar-refractivity contribution in [1.29, 1.82) is 0 Å². The molecule has 2 aromatic rings. The van der Waals surface area contributed by atoms with Gasteiger partial charge in [-0.25, -0.2) is 4.98 Å². The first-order valence-corrected chi connectivity index (χ1v) is 4.36. The highest BCUT2D eigenvalue weighted by Gasteiger charge is 2.03. The number of halogens is 1. The van der Waals surface area contributed by atoms with Crippen LogP contribution >= 0.6 is 15.9 Å². The predicted octanol–water partition coefficient (Wildman–Crippen LogP) is 1.21. The molecule has 3 N–H and O–H groups in total. The minimum atomic E-state index is 0.219. The van der Waals surface area contributed by atoms with Gasteiger partial charge in [0.05, 0.1) is 0 Å². The predicted molar refractivity (Wildman–Crippen MR) is 51.7 cm³/mol. The van der Waals surface area contributed by atoms with Crippen LogP contribution < -0.4 is 5.73 Å². The Labute approximate surface area is 82.5 Å². The van der Waals surface area contributed by atoms with Crippen LogP contribution in [0.1, 0.15) is 0 Å². The van der Waals surface area contributed by atoms with E-state index in [1.807, 2.05) is 18.2 Å². The molecule has 0 radical (unpaired) electrons. The van der Waals surface area contributed by atoms with Crippen LogP contribution in [0.5, 0.6) is 0 Å². The average molecular weight is 240 g/mol. The van der Waals surface area contributed by atoms with E-state index in [0.717, 1.165) is 4.60 Å². The van der Waals surface area contributed by atoms with Crippen molar-refractivity contribution in [3.05, 3.63) is 22.8 Å². The molecular weight excluding hydrogens is 234 g/mol. The van der Waals surface area contributed by atoms with Crippen molar-refractivity contribution in [3.63, 3.8) is 0 Å². The van der Waals surface area contributed by atoms with E-state index >= 15 is 0 Å². The van der Waals surface area contributed by atoms with Crippen molar-refractivity contribution in [2.24, 2.45) is 0 Å². The summed E-state index contributed by atoms with van der Waals surface area (Å²) >= 11 is 3.26. The van der Waals surface area contributed by atoms with Crippen LogP contribution in [0.3, 0.4) is 0 Å². The van der Waals surface area contributed by atoms with Gasteiger partial charge >= 0.3 is 0 Å². The Morgan fingerprint density at radius 2 is 2.15 bits per heavy atom. The lowest BCUT2D eigenvalue weighted by atomic mass is 10.3. The molecule has 13 heavy (non-hydrogen) atoms. The van der Waals surface area contributed by atoms with Crippen molar-refractivity contribution >= 4 is 21.9 Å². The van der Waals surface area contributed by atoms with Crippen molar-refractivity contribution in [2.45, 2.75) is 0 Å². The Morgan fingerprint density at radius 3 is 2.77 bits per heavy atom. The van der Waals surface area contributed by atoms with Crippen LogP contribution in [0.4, 0.5) is 5.95 Å². The molecule has 0 aliphatic rings. The van der Waals surface area contributed by atoms with E-state index in [2.05, 4.69) is 36.1 Å². The van der Waals surface area contributed by atoms with Gasteiger partial charge < -0.3 is 5.73 Å². The molecule has 0 bridgehead atoms. The summed E-state index contributed by atoms with van der Waals surface area (Å²) in [7, 11) is 0. The van der Waals surface area contributed by atoms with Gasteiger partial charge in [-0.15, -0.1) is 5.10 Å². The second kappa shape index (κ2) is 3.14. The Hall–Kier alpha value is -1.43. The molecule has 5 nitrogen and oxygen atoms in total. The van der Waals surface area contributed by atoms with Gasteiger partial charge in [0.1, 0.15) is 10.3 Å². The molecule has 6 heteroatoms. The summed E-state index contributed by atoms with van der Waals surface area (Å²) in [6.07, 6.45) is 0. The maximum absolute atomic E-state index is 5.36. The molecular formula is C7H6BrN5. The van der Waals surface area contributed by atoms with E-state index in [-0.39, 0.29) is 5.95 Å². The molecule has 0 aliphatic heterocycles. The molecule has 0 atom stereocenters. The first kappa shape index (κ1) is 8.18. The molecule has 66 valence electrons. The number of nitrogens with zero attached hydrogens (tertiary/aromatic N) is 3. The van der Waals surface area contributed by atoms with E-state index in [1.165, 1.54) is 0 Å². The molecule has 2 rings (SSSR count). The van der Waals surface area contributed by atoms with Gasteiger partial charge in [-0.2, -0.15) is 4.98 Å². The lowest BCUT2D eigenvalue weighted by Crippen LogP contribution is -1.87. The molecule has 0 aliphatic carbocycles. The number of H-pyrrole nitrogens is 1. The minimum Gasteiger partial charge on any atom is -0.366 e. The van der Waals surface area contributed by atoms with Gasteiger partial charge in [0, 0.05) is 0 Å². The van der Waals surface area contributed by atoms with E-state index in [1.54, 1.807) is 0 Å². The normalized spacial score (nSPS) is 10.2. The molecule has 0 saturated heterocycles. The molecule has 0 unspecified atom stereocenters. The molecule has 0 saturated carbocycles. The van der Waals surface area contributed by atoms with E-state index in [0.29, 0.717) is 11.5 Å². The highest BCUT2D eigenvalue weighted by Crippen LogP contribution is 2.14. The largest absolute Gasteiger partial charge is 0.366 e. The van der Waals surface area contributed by atoms with Crippen molar-refractivity contribution in [2.75, 3.05) is 5.73 Å². The summed E-state index contributed by atoms with van der Waals surface area (Å²) in [5.41, 5.74) is 6.07. The van der Waals surface area contributed by atoms with Crippen LogP contribution in [-0.4, -0.2) is 20.2 Å². The third kappa shape index (κ3) is 1.67. The fourth-order valence-corrected chi connectivity index (χ4v) is 1.27. The topological polar surface area (TPSA) is 80.5 Å². The Kier molecular flexibility index (Phi) is 1.97. The van der Waals surface area contributed by atoms with Gasteiger partial charge in [0.25, 0.3) is 0 Å². The molecule has 0 aromatic carbocycles. The second-order valence-electron chi connectivity index (χ2n) is 2.39. The first-order valence-electron chi connectivity index (χ1n) is 3.56. The number of rotatable bonds is 1.